The number of hydrogen-bond acceptors (Lipinski definition) is 8. The summed E-state index contributed by atoms with van der Waals surface area (Å²) in [5, 5.41) is 21.5. The Bertz CT molecular complexity index is 1170. The average Bonchev–Trinajstić information content (AvgIpc) is 3.14. The van der Waals surface area contributed by atoms with Crippen LogP contribution in [-0.2, 0) is 14.3 Å². The zero-order chi connectivity index (χ0) is 25.8. The van der Waals surface area contributed by atoms with Gasteiger partial charge in [-0.3, -0.25) is 14.5 Å². The van der Waals surface area contributed by atoms with E-state index in [4.69, 9.17) is 14.2 Å². The first kappa shape index (κ1) is 25.5. The van der Waals surface area contributed by atoms with E-state index in [1.807, 2.05) is 6.92 Å². The molecule has 2 aliphatic rings. The van der Waals surface area contributed by atoms with Crippen molar-refractivity contribution in [2.45, 2.75) is 19.9 Å². The Morgan fingerprint density at radius 2 is 1.83 bits per heavy atom. The van der Waals surface area contributed by atoms with E-state index in [2.05, 4.69) is 4.90 Å². The van der Waals surface area contributed by atoms with Gasteiger partial charge < -0.3 is 29.3 Å². The number of aryl methyl sites for hydroxylation is 1. The van der Waals surface area contributed by atoms with Crippen LogP contribution in [-0.4, -0.2) is 84.8 Å². The number of carbonyl (C=O) groups is 2. The van der Waals surface area contributed by atoms with Gasteiger partial charge in [0.15, 0.2) is 11.5 Å². The molecule has 4 rings (SSSR count). The zero-order valence-electron chi connectivity index (χ0n) is 20.8. The molecule has 2 heterocycles. The number of nitrogens with zero attached hydrogens (tertiary/aromatic N) is 2. The molecule has 0 aromatic heterocycles. The van der Waals surface area contributed by atoms with Gasteiger partial charge in [-0.05, 0) is 55.3 Å². The number of benzene rings is 2. The van der Waals surface area contributed by atoms with Crippen LogP contribution in [0.25, 0.3) is 5.76 Å². The number of amides is 1. The molecule has 2 aromatic rings. The summed E-state index contributed by atoms with van der Waals surface area (Å²) in [7, 11) is 1.56. The number of morpholine rings is 1. The van der Waals surface area contributed by atoms with Gasteiger partial charge >= 0.3 is 0 Å². The van der Waals surface area contributed by atoms with Crippen LogP contribution in [0.15, 0.2) is 42.0 Å². The van der Waals surface area contributed by atoms with E-state index in [1.54, 1.807) is 44.4 Å². The number of ketones is 1. The number of rotatable bonds is 8. The molecule has 0 spiro atoms. The van der Waals surface area contributed by atoms with E-state index < -0.39 is 17.7 Å². The van der Waals surface area contributed by atoms with Crippen molar-refractivity contribution in [3.8, 4) is 17.2 Å². The molecule has 1 atom stereocenters. The predicted molar refractivity (Wildman–Crippen MR) is 133 cm³/mol. The molecule has 1 amide bonds. The summed E-state index contributed by atoms with van der Waals surface area (Å²) >= 11 is 0. The van der Waals surface area contributed by atoms with Crippen molar-refractivity contribution in [1.29, 1.82) is 0 Å². The van der Waals surface area contributed by atoms with Crippen LogP contribution < -0.4 is 9.47 Å². The Kier molecular flexibility index (Phi) is 7.81. The van der Waals surface area contributed by atoms with Crippen LogP contribution in [0.5, 0.6) is 17.2 Å². The topological polar surface area (TPSA) is 109 Å². The molecule has 0 bridgehead atoms. The van der Waals surface area contributed by atoms with Gasteiger partial charge in [0.25, 0.3) is 11.7 Å². The maximum Gasteiger partial charge on any atom is 0.295 e. The monoisotopic (exact) mass is 496 g/mol. The summed E-state index contributed by atoms with van der Waals surface area (Å²) in [6.07, 6.45) is 0. The number of aliphatic hydroxyl groups excluding tert-OH is 1. The molecule has 2 fully saturated rings. The summed E-state index contributed by atoms with van der Waals surface area (Å²) in [5.74, 6) is -0.839. The predicted octanol–water partition coefficient (Wildman–Crippen LogP) is 2.86. The molecular formula is C27H32N2O7. The summed E-state index contributed by atoms with van der Waals surface area (Å²) in [5.41, 5.74) is 1.75. The fourth-order valence-electron chi connectivity index (χ4n) is 4.68. The first-order valence-electron chi connectivity index (χ1n) is 12.0. The third-order valence-corrected chi connectivity index (χ3v) is 6.57. The Balaban J connectivity index is 1.78. The Labute approximate surface area is 210 Å². The van der Waals surface area contributed by atoms with Crippen molar-refractivity contribution >= 4 is 17.4 Å². The number of likely N-dealkylation sites (tertiary alicyclic amines) is 1. The van der Waals surface area contributed by atoms with Gasteiger partial charge in [-0.25, -0.2) is 0 Å². The molecule has 192 valence electrons. The summed E-state index contributed by atoms with van der Waals surface area (Å²) in [6.45, 7) is 7.54. The Morgan fingerprint density at radius 3 is 2.50 bits per heavy atom. The fraction of sp³-hybridized carbons (Fsp3) is 0.407. The van der Waals surface area contributed by atoms with Gasteiger partial charge in [-0.1, -0.05) is 6.07 Å². The number of Topliss-reactive ketones (excluding diaryl/α,β-unsaturated/α-hetero) is 1. The lowest BCUT2D eigenvalue weighted by atomic mass is 9.94. The van der Waals surface area contributed by atoms with Crippen LogP contribution in [0, 0.1) is 6.92 Å². The molecule has 2 N–H and O–H groups in total. The molecule has 2 aliphatic heterocycles. The van der Waals surface area contributed by atoms with Gasteiger partial charge in [0, 0.05) is 31.7 Å². The first-order chi connectivity index (χ1) is 17.3. The minimum Gasteiger partial charge on any atom is -0.507 e. The number of phenols is 1. The van der Waals surface area contributed by atoms with E-state index in [0.717, 1.165) is 18.7 Å². The van der Waals surface area contributed by atoms with Crippen molar-refractivity contribution in [1.82, 2.24) is 9.80 Å². The second kappa shape index (κ2) is 11.0. The minimum absolute atomic E-state index is 0.000294. The highest BCUT2D eigenvalue weighted by Gasteiger charge is 2.46. The fourth-order valence-corrected chi connectivity index (χ4v) is 4.68. The van der Waals surface area contributed by atoms with E-state index in [9.17, 15) is 19.8 Å². The van der Waals surface area contributed by atoms with E-state index >= 15 is 0 Å². The van der Waals surface area contributed by atoms with Gasteiger partial charge in [-0.15, -0.1) is 0 Å². The SMILES string of the molecule is CCOc1cc([C@@H]2C(=C(O)c3ccc(OC)c(C)c3)C(=O)C(=O)N2CCN2CCOCC2)ccc1O. The molecule has 2 aromatic carbocycles. The number of methoxy groups -OCH3 is 1. The molecule has 2 saturated heterocycles. The summed E-state index contributed by atoms with van der Waals surface area (Å²) in [4.78, 5) is 30.2. The van der Waals surface area contributed by atoms with Crippen molar-refractivity contribution in [2.24, 2.45) is 0 Å². The molecule has 0 radical (unpaired) electrons. The van der Waals surface area contributed by atoms with Gasteiger partial charge in [0.05, 0.1) is 38.5 Å². The highest BCUT2D eigenvalue weighted by atomic mass is 16.5. The third kappa shape index (κ3) is 5.03. The molecule has 9 nitrogen and oxygen atoms in total. The first-order valence-corrected chi connectivity index (χ1v) is 12.0. The zero-order valence-corrected chi connectivity index (χ0v) is 20.8. The van der Waals surface area contributed by atoms with Crippen molar-refractivity contribution in [2.75, 3.05) is 53.1 Å². The second-order valence-corrected chi connectivity index (χ2v) is 8.79. The van der Waals surface area contributed by atoms with Gasteiger partial charge in [0.1, 0.15) is 11.5 Å². The average molecular weight is 497 g/mol. The number of aliphatic hydroxyl groups is 1. The number of hydrogen-bond donors (Lipinski definition) is 2. The number of phenolic OH excluding ortho intramolecular Hbond substituents is 1. The molecule has 9 heteroatoms. The maximum atomic E-state index is 13.3. The molecule has 0 saturated carbocycles. The van der Waals surface area contributed by atoms with Crippen molar-refractivity contribution in [3.63, 3.8) is 0 Å². The largest absolute Gasteiger partial charge is 0.507 e. The maximum absolute atomic E-state index is 13.3. The summed E-state index contributed by atoms with van der Waals surface area (Å²) < 4.78 is 16.3. The number of aromatic hydroxyl groups is 1. The second-order valence-electron chi connectivity index (χ2n) is 8.79. The van der Waals surface area contributed by atoms with Crippen LogP contribution in [0.4, 0.5) is 0 Å². The highest BCUT2D eigenvalue weighted by molar-refractivity contribution is 6.46. The van der Waals surface area contributed by atoms with Crippen LogP contribution >= 0.6 is 0 Å². The standard InChI is InChI=1S/C27H32N2O7/c1-4-36-22-16-18(5-7-20(22)30)24-23(25(31)19-6-8-21(34-3)17(2)15-19)26(32)27(33)29(24)10-9-28-11-13-35-14-12-28/h5-8,15-16,24,30-31H,4,9-14H2,1-3H3/t24-/m1/s1. The van der Waals surface area contributed by atoms with Crippen molar-refractivity contribution in [3.05, 3.63) is 58.7 Å². The van der Waals surface area contributed by atoms with Crippen LogP contribution in [0.1, 0.15) is 29.7 Å². The van der Waals surface area contributed by atoms with Gasteiger partial charge in [-0.2, -0.15) is 0 Å². The van der Waals surface area contributed by atoms with Crippen LogP contribution in [0.2, 0.25) is 0 Å². The molecule has 0 unspecified atom stereocenters. The van der Waals surface area contributed by atoms with Crippen LogP contribution in [0.3, 0.4) is 0 Å². The lowest BCUT2D eigenvalue weighted by molar-refractivity contribution is -0.140. The highest BCUT2D eigenvalue weighted by Crippen LogP contribution is 2.42. The smallest absolute Gasteiger partial charge is 0.295 e. The van der Waals surface area contributed by atoms with E-state index in [0.29, 0.717) is 49.8 Å². The normalized spacial score (nSPS) is 20.1. The molecule has 0 aliphatic carbocycles. The Hall–Kier alpha value is -3.56. The van der Waals surface area contributed by atoms with Crippen molar-refractivity contribution < 1.29 is 34.0 Å². The van der Waals surface area contributed by atoms with Gasteiger partial charge in [0.2, 0.25) is 0 Å². The lowest BCUT2D eigenvalue weighted by Crippen LogP contribution is -2.42. The molecule has 36 heavy (non-hydrogen) atoms. The third-order valence-electron chi connectivity index (χ3n) is 6.57. The Morgan fingerprint density at radius 1 is 1.08 bits per heavy atom. The van der Waals surface area contributed by atoms with E-state index in [1.165, 1.54) is 11.0 Å². The van der Waals surface area contributed by atoms with E-state index in [-0.39, 0.29) is 22.8 Å². The lowest BCUT2D eigenvalue weighted by Gasteiger charge is -2.31. The summed E-state index contributed by atoms with van der Waals surface area (Å²) in [6, 6.07) is 8.97. The number of ether oxygens (including phenoxy) is 3. The number of carbonyl (C=O) groups excluding carboxylic acids is 2. The quantitative estimate of drug-likeness (QED) is 0.326. The molecular weight excluding hydrogens is 464 g/mol. The minimum atomic E-state index is -0.840.